The van der Waals surface area contributed by atoms with Crippen molar-refractivity contribution < 1.29 is 9.47 Å². The van der Waals surface area contributed by atoms with Crippen LogP contribution in [0.25, 0.3) is 0 Å². The number of nitrogens with zero attached hydrogens (tertiary/aromatic N) is 4. The second-order valence-electron chi connectivity index (χ2n) is 7.87. The van der Waals surface area contributed by atoms with Gasteiger partial charge in [0, 0.05) is 33.1 Å². The molecule has 1 aromatic carbocycles. The number of aliphatic imine (C=N–C) groups is 1. The summed E-state index contributed by atoms with van der Waals surface area (Å²) in [6.45, 7) is 5.78. The highest BCUT2D eigenvalue weighted by Crippen LogP contribution is 2.26. The second kappa shape index (κ2) is 11.5. The molecule has 1 aliphatic rings. The van der Waals surface area contributed by atoms with E-state index in [1.54, 1.807) is 25.6 Å². The van der Waals surface area contributed by atoms with Gasteiger partial charge in [-0.1, -0.05) is 12.1 Å². The fourth-order valence-corrected chi connectivity index (χ4v) is 4.75. The summed E-state index contributed by atoms with van der Waals surface area (Å²) in [7, 11) is 7.29. The van der Waals surface area contributed by atoms with Crippen molar-refractivity contribution in [3.05, 3.63) is 45.9 Å². The molecule has 0 saturated carbocycles. The molecule has 0 amide bonds. The molecule has 3 rings (SSSR count). The Morgan fingerprint density at radius 3 is 2.58 bits per heavy atom. The number of benzene rings is 1. The Morgan fingerprint density at radius 2 is 1.97 bits per heavy atom. The summed E-state index contributed by atoms with van der Waals surface area (Å²) in [5.74, 6) is 1.75. The summed E-state index contributed by atoms with van der Waals surface area (Å²) >= 11 is 1.64. The highest BCUT2D eigenvalue weighted by atomic mass is 32.1. The zero-order valence-electron chi connectivity index (χ0n) is 19.3. The molecular weight excluding hydrogens is 410 g/mol. The number of guanidine groups is 1. The van der Waals surface area contributed by atoms with Crippen molar-refractivity contribution >= 4 is 17.3 Å². The van der Waals surface area contributed by atoms with Crippen LogP contribution in [0, 0.1) is 0 Å². The number of nitrogens with one attached hydrogen (secondary N) is 1. The molecule has 7 nitrogen and oxygen atoms in total. The molecule has 0 radical (unpaired) electrons. The Hall–Kier alpha value is -2.16. The zero-order valence-corrected chi connectivity index (χ0v) is 20.1. The Kier molecular flexibility index (Phi) is 8.69. The number of rotatable bonds is 9. The van der Waals surface area contributed by atoms with E-state index in [-0.39, 0.29) is 6.10 Å². The van der Waals surface area contributed by atoms with Crippen LogP contribution in [-0.2, 0) is 11.3 Å². The van der Waals surface area contributed by atoms with Gasteiger partial charge in [0.2, 0.25) is 0 Å². The molecule has 8 heteroatoms. The molecule has 31 heavy (non-hydrogen) atoms. The molecule has 1 N–H and O–H groups in total. The first-order valence-electron chi connectivity index (χ1n) is 10.8. The van der Waals surface area contributed by atoms with Gasteiger partial charge in [0.1, 0.15) is 16.9 Å². The molecule has 0 aliphatic carbocycles. The first-order chi connectivity index (χ1) is 15.0. The number of hydrogen-bond acceptors (Lipinski definition) is 6. The minimum atomic E-state index is 0.0206. The van der Waals surface area contributed by atoms with Crippen molar-refractivity contribution in [2.24, 2.45) is 4.99 Å². The van der Waals surface area contributed by atoms with E-state index in [2.05, 4.69) is 37.6 Å². The fourth-order valence-electron chi connectivity index (χ4n) is 3.91. The van der Waals surface area contributed by atoms with Crippen LogP contribution in [0.5, 0.6) is 5.75 Å². The van der Waals surface area contributed by atoms with Crippen LogP contribution < -0.4 is 10.1 Å². The van der Waals surface area contributed by atoms with Gasteiger partial charge in [-0.25, -0.2) is 4.98 Å². The lowest BCUT2D eigenvalue weighted by Crippen LogP contribution is -2.43. The number of methoxy groups -OCH3 is 2. The van der Waals surface area contributed by atoms with Crippen molar-refractivity contribution in [1.82, 2.24) is 20.1 Å². The van der Waals surface area contributed by atoms with E-state index in [0.29, 0.717) is 12.6 Å². The number of ether oxygens (including phenoxy) is 2. The molecule has 2 unspecified atom stereocenters. The largest absolute Gasteiger partial charge is 0.497 e. The Morgan fingerprint density at radius 1 is 1.26 bits per heavy atom. The van der Waals surface area contributed by atoms with Crippen LogP contribution in [0.1, 0.15) is 48.2 Å². The van der Waals surface area contributed by atoms with Gasteiger partial charge in [0.25, 0.3) is 0 Å². The van der Waals surface area contributed by atoms with Crippen molar-refractivity contribution in [2.45, 2.75) is 38.5 Å². The first-order valence-corrected chi connectivity index (χ1v) is 11.7. The average molecular weight is 446 g/mol. The van der Waals surface area contributed by atoms with Crippen molar-refractivity contribution in [1.29, 1.82) is 0 Å². The molecular formula is C23H35N5O2S. The number of likely N-dealkylation sites (tertiary alicyclic amines) is 1. The average Bonchev–Trinajstić information content (AvgIpc) is 3.49. The summed E-state index contributed by atoms with van der Waals surface area (Å²) in [4.78, 5) is 13.9. The molecule has 170 valence electrons. The van der Waals surface area contributed by atoms with E-state index in [1.165, 1.54) is 18.4 Å². The lowest BCUT2D eigenvalue weighted by atomic mass is 10.1. The lowest BCUT2D eigenvalue weighted by Gasteiger charge is -2.30. The molecule has 0 spiro atoms. The summed E-state index contributed by atoms with van der Waals surface area (Å²) < 4.78 is 10.7. The molecule has 1 aliphatic heterocycles. The third-order valence-corrected chi connectivity index (χ3v) is 6.83. The topological polar surface area (TPSA) is 62.2 Å². The van der Waals surface area contributed by atoms with E-state index in [0.717, 1.165) is 42.0 Å². The minimum Gasteiger partial charge on any atom is -0.497 e. The summed E-state index contributed by atoms with van der Waals surface area (Å²) in [5.41, 5.74) is 2.33. The summed E-state index contributed by atoms with van der Waals surface area (Å²) in [5, 5.41) is 6.69. The van der Waals surface area contributed by atoms with Crippen LogP contribution in [0.2, 0.25) is 0 Å². The van der Waals surface area contributed by atoms with Crippen molar-refractivity contribution in [2.75, 3.05) is 47.9 Å². The Labute approximate surface area is 190 Å². The Bertz CT molecular complexity index is 833. The van der Waals surface area contributed by atoms with Gasteiger partial charge in [-0.3, -0.25) is 9.89 Å². The maximum absolute atomic E-state index is 5.38. The van der Waals surface area contributed by atoms with Crippen LogP contribution in [0.4, 0.5) is 0 Å². The van der Waals surface area contributed by atoms with Gasteiger partial charge < -0.3 is 19.7 Å². The third-order valence-electron chi connectivity index (χ3n) is 5.78. The van der Waals surface area contributed by atoms with Gasteiger partial charge >= 0.3 is 0 Å². The second-order valence-corrected chi connectivity index (χ2v) is 8.76. The van der Waals surface area contributed by atoms with E-state index in [9.17, 15) is 0 Å². The van der Waals surface area contributed by atoms with Gasteiger partial charge in [-0.05, 0) is 50.6 Å². The minimum absolute atomic E-state index is 0.0206. The third kappa shape index (κ3) is 6.18. The van der Waals surface area contributed by atoms with Crippen LogP contribution in [0.3, 0.4) is 0 Å². The van der Waals surface area contributed by atoms with E-state index >= 15 is 0 Å². The molecule has 2 heterocycles. The highest BCUT2D eigenvalue weighted by molar-refractivity contribution is 7.09. The molecule has 2 aromatic rings. The van der Waals surface area contributed by atoms with E-state index in [4.69, 9.17) is 14.5 Å². The molecule has 1 saturated heterocycles. The van der Waals surface area contributed by atoms with Crippen LogP contribution >= 0.6 is 11.3 Å². The van der Waals surface area contributed by atoms with Crippen LogP contribution in [-0.4, -0.2) is 68.7 Å². The monoisotopic (exact) mass is 445 g/mol. The SMILES string of the molecule is CN=C(NCC(c1ccc(OC)cc1)N1CCCC1)N(C)Cc1csc(C(C)OC)n1. The van der Waals surface area contributed by atoms with Gasteiger partial charge in [-0.15, -0.1) is 11.3 Å². The molecule has 0 bridgehead atoms. The fraction of sp³-hybridized carbons (Fsp3) is 0.565. The molecule has 2 atom stereocenters. The van der Waals surface area contributed by atoms with Crippen molar-refractivity contribution in [3.63, 3.8) is 0 Å². The number of thiazole rings is 1. The summed E-state index contributed by atoms with van der Waals surface area (Å²) in [6.07, 6.45) is 2.54. The maximum atomic E-state index is 5.38. The van der Waals surface area contributed by atoms with Gasteiger partial charge in [0.15, 0.2) is 5.96 Å². The van der Waals surface area contributed by atoms with E-state index in [1.807, 2.05) is 33.2 Å². The maximum Gasteiger partial charge on any atom is 0.193 e. The molecule has 1 aromatic heterocycles. The molecule has 1 fully saturated rings. The first kappa shape index (κ1) is 23.5. The standard InChI is InChI=1S/C23H35N5O2S/c1-17(29-4)22-26-19(16-31-22)15-27(3)23(24-2)25-14-21(28-12-6-7-13-28)18-8-10-20(30-5)11-9-18/h8-11,16-17,21H,6-7,12-15H2,1-5H3,(H,24,25). The predicted molar refractivity (Wildman–Crippen MR) is 127 cm³/mol. The van der Waals surface area contributed by atoms with E-state index < -0.39 is 0 Å². The number of aromatic nitrogens is 1. The quantitative estimate of drug-likeness (QED) is 0.469. The highest BCUT2D eigenvalue weighted by Gasteiger charge is 2.24. The van der Waals surface area contributed by atoms with Gasteiger partial charge in [0.05, 0.1) is 25.4 Å². The Balaban J connectivity index is 1.64. The summed E-state index contributed by atoms with van der Waals surface area (Å²) in [6, 6.07) is 8.72. The zero-order chi connectivity index (χ0) is 22.2. The number of hydrogen-bond donors (Lipinski definition) is 1. The van der Waals surface area contributed by atoms with Crippen molar-refractivity contribution in [3.8, 4) is 5.75 Å². The predicted octanol–water partition coefficient (Wildman–Crippen LogP) is 3.70. The van der Waals surface area contributed by atoms with Gasteiger partial charge in [-0.2, -0.15) is 0 Å². The smallest absolute Gasteiger partial charge is 0.193 e. The normalized spacial score (nSPS) is 16.9. The lowest BCUT2D eigenvalue weighted by molar-refractivity contribution is 0.119. The van der Waals surface area contributed by atoms with Crippen LogP contribution in [0.15, 0.2) is 34.6 Å².